The summed E-state index contributed by atoms with van der Waals surface area (Å²) in [4.78, 5) is 17.1. The van der Waals surface area contributed by atoms with E-state index in [1.807, 2.05) is 18.3 Å². The van der Waals surface area contributed by atoms with E-state index < -0.39 is 0 Å². The Balaban J connectivity index is 1.83. The van der Waals surface area contributed by atoms with E-state index >= 15 is 0 Å². The Morgan fingerprint density at radius 1 is 1.33 bits per heavy atom. The van der Waals surface area contributed by atoms with Crippen molar-refractivity contribution in [2.45, 2.75) is 52.5 Å². The number of carbonyl (C=O) groups excluding carboxylic acids is 1. The molecule has 0 N–H and O–H groups in total. The molecule has 0 aliphatic carbocycles. The van der Waals surface area contributed by atoms with Crippen molar-refractivity contribution < 1.29 is 9.53 Å². The van der Waals surface area contributed by atoms with Crippen LogP contribution in [-0.2, 0) is 21.5 Å². The van der Waals surface area contributed by atoms with Gasteiger partial charge in [0.1, 0.15) is 0 Å². The minimum atomic E-state index is -0.0108. The van der Waals surface area contributed by atoms with Gasteiger partial charge in [-0.25, -0.2) is 0 Å². The van der Waals surface area contributed by atoms with E-state index in [2.05, 4.69) is 37.8 Å². The fourth-order valence-electron chi connectivity index (χ4n) is 2.67. The molecular formula is C17H27NO2S. The van der Waals surface area contributed by atoms with E-state index in [1.165, 1.54) is 9.75 Å². The minimum Gasteiger partial charge on any atom is -0.466 e. The summed E-state index contributed by atoms with van der Waals surface area (Å²) in [5.41, 5.74) is 0.236. The number of ether oxygens (including phenoxy) is 1. The first-order valence-electron chi connectivity index (χ1n) is 7.88. The van der Waals surface area contributed by atoms with Crippen molar-refractivity contribution in [2.75, 3.05) is 19.7 Å². The van der Waals surface area contributed by atoms with Gasteiger partial charge in [0.15, 0.2) is 0 Å². The van der Waals surface area contributed by atoms with Gasteiger partial charge in [-0.1, -0.05) is 20.8 Å². The zero-order chi connectivity index (χ0) is 15.5. The van der Waals surface area contributed by atoms with Crippen molar-refractivity contribution in [3.8, 4) is 0 Å². The van der Waals surface area contributed by atoms with Crippen LogP contribution in [0.4, 0.5) is 0 Å². The first kappa shape index (κ1) is 16.5. The second-order valence-electron chi connectivity index (χ2n) is 6.82. The first-order chi connectivity index (χ1) is 9.90. The molecule has 1 aromatic heterocycles. The van der Waals surface area contributed by atoms with Crippen LogP contribution in [-0.4, -0.2) is 30.6 Å². The van der Waals surface area contributed by atoms with Crippen molar-refractivity contribution in [3.63, 3.8) is 0 Å². The van der Waals surface area contributed by atoms with Gasteiger partial charge in [0.2, 0.25) is 0 Å². The Hall–Kier alpha value is -0.870. The van der Waals surface area contributed by atoms with Crippen molar-refractivity contribution in [3.05, 3.63) is 21.9 Å². The molecule has 1 aliphatic heterocycles. The van der Waals surface area contributed by atoms with Gasteiger partial charge in [-0.15, -0.1) is 11.3 Å². The van der Waals surface area contributed by atoms with Gasteiger partial charge in [-0.3, -0.25) is 9.69 Å². The molecular weight excluding hydrogens is 282 g/mol. The Labute approximate surface area is 132 Å². The predicted molar refractivity (Wildman–Crippen MR) is 87.7 cm³/mol. The second kappa shape index (κ2) is 6.93. The van der Waals surface area contributed by atoms with Crippen LogP contribution in [0.3, 0.4) is 0 Å². The number of nitrogens with zero attached hydrogens (tertiary/aromatic N) is 1. The Morgan fingerprint density at radius 2 is 2.00 bits per heavy atom. The molecule has 0 radical (unpaired) electrons. The van der Waals surface area contributed by atoms with Gasteiger partial charge in [0.05, 0.1) is 12.5 Å². The van der Waals surface area contributed by atoms with E-state index in [0.29, 0.717) is 6.61 Å². The van der Waals surface area contributed by atoms with Crippen LogP contribution < -0.4 is 0 Å². The molecule has 0 saturated carbocycles. The topological polar surface area (TPSA) is 29.5 Å². The summed E-state index contributed by atoms with van der Waals surface area (Å²) in [5, 5.41) is 0. The van der Waals surface area contributed by atoms with Gasteiger partial charge < -0.3 is 4.74 Å². The summed E-state index contributed by atoms with van der Waals surface area (Å²) in [6.07, 6.45) is 1.85. The Kier molecular flexibility index (Phi) is 5.44. The van der Waals surface area contributed by atoms with Gasteiger partial charge in [-0.05, 0) is 50.4 Å². The zero-order valence-electron chi connectivity index (χ0n) is 13.6. The highest BCUT2D eigenvalue weighted by atomic mass is 32.1. The van der Waals surface area contributed by atoms with E-state index in [0.717, 1.165) is 32.5 Å². The van der Waals surface area contributed by atoms with E-state index in [1.54, 1.807) is 0 Å². The van der Waals surface area contributed by atoms with E-state index in [-0.39, 0.29) is 17.3 Å². The largest absolute Gasteiger partial charge is 0.466 e. The summed E-state index contributed by atoms with van der Waals surface area (Å²) in [6, 6.07) is 4.51. The third-order valence-corrected chi connectivity index (χ3v) is 5.48. The van der Waals surface area contributed by atoms with Crippen molar-refractivity contribution in [2.24, 2.45) is 5.92 Å². The summed E-state index contributed by atoms with van der Waals surface area (Å²) >= 11 is 1.92. The standard InChI is InChI=1S/C17H27NO2S/c1-5-20-16(19)13-8-10-18(11-9-13)12-14-6-7-15(21-14)17(2,3)4/h6-7,13H,5,8-12H2,1-4H3. The highest BCUT2D eigenvalue weighted by molar-refractivity contribution is 7.12. The molecule has 0 unspecified atom stereocenters. The SMILES string of the molecule is CCOC(=O)C1CCN(Cc2ccc(C(C)(C)C)s2)CC1. The molecule has 1 saturated heterocycles. The average Bonchev–Trinajstić information content (AvgIpc) is 2.88. The van der Waals surface area contributed by atoms with Crippen LogP contribution in [0.1, 0.15) is 50.3 Å². The zero-order valence-corrected chi connectivity index (χ0v) is 14.5. The molecule has 1 aliphatic rings. The highest BCUT2D eigenvalue weighted by Crippen LogP contribution is 2.30. The minimum absolute atomic E-state index is 0.0108. The van der Waals surface area contributed by atoms with E-state index in [4.69, 9.17) is 4.74 Å². The lowest BCUT2D eigenvalue weighted by molar-refractivity contribution is -0.149. The lowest BCUT2D eigenvalue weighted by Crippen LogP contribution is -2.36. The maximum absolute atomic E-state index is 11.7. The molecule has 0 aromatic carbocycles. The van der Waals surface area contributed by atoms with Crippen molar-refractivity contribution in [1.82, 2.24) is 4.90 Å². The third-order valence-electron chi connectivity index (χ3n) is 3.99. The normalized spacial score (nSPS) is 17.9. The monoisotopic (exact) mass is 309 g/mol. The number of carbonyl (C=O) groups is 1. The van der Waals surface area contributed by atoms with Crippen LogP contribution in [0.15, 0.2) is 12.1 Å². The molecule has 4 heteroatoms. The number of hydrogen-bond donors (Lipinski definition) is 0. The van der Waals surface area contributed by atoms with E-state index in [9.17, 15) is 4.79 Å². The molecule has 0 atom stereocenters. The van der Waals surface area contributed by atoms with Crippen LogP contribution >= 0.6 is 11.3 Å². The molecule has 0 spiro atoms. The molecule has 0 amide bonds. The molecule has 1 fully saturated rings. The quantitative estimate of drug-likeness (QED) is 0.792. The Bertz CT molecular complexity index is 467. The molecule has 0 bridgehead atoms. The number of likely N-dealkylation sites (tertiary alicyclic amines) is 1. The van der Waals surface area contributed by atoms with Gasteiger partial charge in [0.25, 0.3) is 0 Å². The molecule has 118 valence electrons. The summed E-state index contributed by atoms with van der Waals surface area (Å²) in [6.45, 7) is 12.1. The number of thiophene rings is 1. The van der Waals surface area contributed by atoms with Crippen LogP contribution in [0.25, 0.3) is 0 Å². The Morgan fingerprint density at radius 3 is 2.52 bits per heavy atom. The van der Waals surface area contributed by atoms with Crippen molar-refractivity contribution in [1.29, 1.82) is 0 Å². The van der Waals surface area contributed by atoms with Crippen LogP contribution in [0.5, 0.6) is 0 Å². The molecule has 1 aromatic rings. The molecule has 2 rings (SSSR count). The summed E-state index contributed by atoms with van der Waals surface area (Å²) in [7, 11) is 0. The maximum Gasteiger partial charge on any atom is 0.309 e. The lowest BCUT2D eigenvalue weighted by atomic mass is 9.95. The molecule has 21 heavy (non-hydrogen) atoms. The number of esters is 1. The molecule has 2 heterocycles. The fraction of sp³-hybridized carbons (Fsp3) is 0.706. The molecule has 3 nitrogen and oxygen atoms in total. The highest BCUT2D eigenvalue weighted by Gasteiger charge is 2.26. The van der Waals surface area contributed by atoms with Crippen LogP contribution in [0.2, 0.25) is 0 Å². The predicted octanol–water partition coefficient (Wildman–Crippen LogP) is 3.82. The number of hydrogen-bond acceptors (Lipinski definition) is 4. The van der Waals surface area contributed by atoms with Gasteiger partial charge in [0, 0.05) is 16.3 Å². The van der Waals surface area contributed by atoms with Crippen molar-refractivity contribution >= 4 is 17.3 Å². The first-order valence-corrected chi connectivity index (χ1v) is 8.70. The van der Waals surface area contributed by atoms with Gasteiger partial charge >= 0.3 is 5.97 Å². The third kappa shape index (κ3) is 4.55. The van der Waals surface area contributed by atoms with Gasteiger partial charge in [-0.2, -0.15) is 0 Å². The smallest absolute Gasteiger partial charge is 0.309 e. The number of piperidine rings is 1. The lowest BCUT2D eigenvalue weighted by Gasteiger charge is -2.30. The van der Waals surface area contributed by atoms with Crippen LogP contribution in [0, 0.1) is 5.92 Å². The summed E-state index contributed by atoms with van der Waals surface area (Å²) in [5.74, 6) is 0.0953. The fourth-order valence-corrected chi connectivity index (χ4v) is 3.78. The average molecular weight is 309 g/mol. The number of rotatable bonds is 4. The maximum atomic E-state index is 11.7. The second-order valence-corrected chi connectivity index (χ2v) is 7.99. The summed E-state index contributed by atoms with van der Waals surface area (Å²) < 4.78 is 5.12.